The summed E-state index contributed by atoms with van der Waals surface area (Å²) in [7, 11) is 0. The van der Waals surface area contributed by atoms with E-state index in [1.165, 1.54) is 35.3 Å². The molecule has 0 unspecified atom stereocenters. The average Bonchev–Trinajstić information content (AvgIpc) is 3.51. The highest BCUT2D eigenvalue weighted by Gasteiger charge is 2.31. The Morgan fingerprint density at radius 3 is 2.59 bits per heavy atom. The zero-order valence-corrected chi connectivity index (χ0v) is 20.4. The minimum Gasteiger partial charge on any atom is -0.406 e. The van der Waals surface area contributed by atoms with Crippen LogP contribution in [0.4, 0.5) is 18.9 Å². The van der Waals surface area contributed by atoms with Crippen molar-refractivity contribution in [1.29, 1.82) is 0 Å². The van der Waals surface area contributed by atoms with Gasteiger partial charge in [0.25, 0.3) is 0 Å². The van der Waals surface area contributed by atoms with E-state index >= 15 is 0 Å². The Labute approximate surface area is 216 Å². The van der Waals surface area contributed by atoms with Gasteiger partial charge in [-0.15, -0.1) is 18.3 Å². The Kier molecular flexibility index (Phi) is 6.62. The Hall–Kier alpha value is -4.25. The number of aryl methyl sites for hydroxylation is 2. The molecule has 7 nitrogen and oxygen atoms in total. The number of fused-ring (bicyclic) bond motifs is 1. The van der Waals surface area contributed by atoms with Crippen molar-refractivity contribution in [3.63, 3.8) is 0 Å². The number of hydrogen-bond donors (Lipinski definition) is 2. The number of nitrogens with one attached hydrogen (secondary N) is 2. The third-order valence-corrected chi connectivity index (χ3v) is 6.01. The summed E-state index contributed by atoms with van der Waals surface area (Å²) in [6, 6.07) is 19.2. The maximum Gasteiger partial charge on any atom is 0.573 e. The largest absolute Gasteiger partial charge is 0.573 e. The summed E-state index contributed by atoms with van der Waals surface area (Å²) < 4.78 is 42.5. The van der Waals surface area contributed by atoms with E-state index in [0.717, 1.165) is 46.5 Å². The fourth-order valence-electron chi connectivity index (χ4n) is 4.03. The summed E-state index contributed by atoms with van der Waals surface area (Å²) in [5.74, 6) is 0.208. The van der Waals surface area contributed by atoms with Gasteiger partial charge in [-0.2, -0.15) is 5.10 Å². The summed E-state index contributed by atoms with van der Waals surface area (Å²) >= 11 is 5.38. The van der Waals surface area contributed by atoms with Gasteiger partial charge >= 0.3 is 6.36 Å². The monoisotopic (exact) mass is 522 g/mol. The predicted molar refractivity (Wildman–Crippen MR) is 139 cm³/mol. The number of ether oxygens (including phenoxy) is 1. The average molecular weight is 523 g/mol. The zero-order chi connectivity index (χ0) is 26.0. The maximum absolute atomic E-state index is 12.4. The van der Waals surface area contributed by atoms with Gasteiger partial charge in [0.05, 0.1) is 11.4 Å². The quantitative estimate of drug-likeness (QED) is 0.256. The second-order valence-electron chi connectivity index (χ2n) is 8.37. The lowest BCUT2D eigenvalue weighted by atomic mass is 10.1. The lowest BCUT2D eigenvalue weighted by Crippen LogP contribution is -2.25. The molecular formula is C26H21F3N6OS. The van der Waals surface area contributed by atoms with E-state index in [9.17, 15) is 13.2 Å². The molecule has 4 aromatic rings. The molecule has 0 amide bonds. The number of anilines is 1. The Morgan fingerprint density at radius 2 is 1.84 bits per heavy atom. The second kappa shape index (κ2) is 10.0. The number of thiocarbonyl (C=S) groups is 1. The molecule has 0 saturated carbocycles. The molecule has 1 aliphatic carbocycles. The molecule has 0 aliphatic heterocycles. The first-order valence-corrected chi connectivity index (χ1v) is 11.8. The fraction of sp³-hybridized carbons (Fsp3) is 0.154. The lowest BCUT2D eigenvalue weighted by Gasteiger charge is -2.10. The van der Waals surface area contributed by atoms with Gasteiger partial charge in [0.15, 0.2) is 10.9 Å². The van der Waals surface area contributed by atoms with Crippen LogP contribution in [0, 0.1) is 6.92 Å². The third-order valence-electron chi connectivity index (χ3n) is 5.82. The molecule has 1 aliphatic rings. The number of hydrazone groups is 1. The van der Waals surface area contributed by atoms with Gasteiger partial charge in [-0.25, -0.2) is 9.67 Å². The van der Waals surface area contributed by atoms with E-state index in [0.29, 0.717) is 16.6 Å². The number of hydrogen-bond acceptors (Lipinski definition) is 5. The van der Waals surface area contributed by atoms with Crippen molar-refractivity contribution >= 4 is 28.7 Å². The van der Waals surface area contributed by atoms with Crippen LogP contribution in [0.25, 0.3) is 17.1 Å². The minimum atomic E-state index is -4.74. The molecule has 1 aromatic heterocycles. The number of aromatic nitrogens is 3. The molecule has 0 fully saturated rings. The van der Waals surface area contributed by atoms with E-state index in [-0.39, 0.29) is 5.75 Å². The van der Waals surface area contributed by atoms with E-state index in [1.54, 1.807) is 0 Å². The SMILES string of the molecule is Cc1ccccc1NC(=S)NN=C1CCc2cc(-c3ncn(-c4ccc(OC(F)(F)F)cc4)n3)ccc21. The van der Waals surface area contributed by atoms with E-state index in [4.69, 9.17) is 12.2 Å². The van der Waals surface area contributed by atoms with Crippen molar-refractivity contribution in [2.75, 3.05) is 5.32 Å². The smallest absolute Gasteiger partial charge is 0.406 e. The number of rotatable bonds is 5. The third kappa shape index (κ3) is 5.78. The highest BCUT2D eigenvalue weighted by molar-refractivity contribution is 7.80. The summed E-state index contributed by atoms with van der Waals surface area (Å²) in [4.78, 5) is 4.37. The van der Waals surface area contributed by atoms with Crippen LogP contribution in [0.5, 0.6) is 5.75 Å². The molecule has 2 N–H and O–H groups in total. The van der Waals surface area contributed by atoms with Gasteiger partial charge in [0.1, 0.15) is 12.1 Å². The van der Waals surface area contributed by atoms with Crippen LogP contribution in [-0.4, -0.2) is 32.0 Å². The standard InChI is InChI=1S/C26H21F3N6OS/c1-16-4-2-3-5-22(16)31-25(37)33-32-23-13-7-17-14-18(6-12-21(17)23)24-30-15-35(34-24)19-8-10-20(11-9-19)36-26(27,28)29/h2-6,8-12,14-15H,7,13H2,1H3,(H2,31,33,37). The fourth-order valence-corrected chi connectivity index (χ4v) is 4.18. The normalized spacial score (nSPS) is 13.9. The number of para-hydroxylation sites is 1. The Balaban J connectivity index is 1.27. The first kappa shape index (κ1) is 24.4. The number of halogens is 3. The van der Waals surface area contributed by atoms with E-state index in [1.807, 2.05) is 49.4 Å². The van der Waals surface area contributed by atoms with Crippen LogP contribution in [0.1, 0.15) is 23.1 Å². The van der Waals surface area contributed by atoms with Crippen LogP contribution in [0.15, 0.2) is 78.2 Å². The highest BCUT2D eigenvalue weighted by Crippen LogP contribution is 2.28. The molecule has 0 spiro atoms. The van der Waals surface area contributed by atoms with Crippen molar-refractivity contribution in [1.82, 2.24) is 20.2 Å². The summed E-state index contributed by atoms with van der Waals surface area (Å²) in [5.41, 5.74) is 9.41. The number of benzene rings is 3. The molecule has 37 heavy (non-hydrogen) atoms. The highest BCUT2D eigenvalue weighted by atomic mass is 32.1. The van der Waals surface area contributed by atoms with Gasteiger partial charge < -0.3 is 10.1 Å². The molecule has 1 heterocycles. The van der Waals surface area contributed by atoms with Crippen molar-refractivity contribution in [2.45, 2.75) is 26.1 Å². The van der Waals surface area contributed by atoms with Crippen molar-refractivity contribution in [3.05, 3.63) is 89.7 Å². The van der Waals surface area contributed by atoms with Crippen molar-refractivity contribution in [3.8, 4) is 22.8 Å². The predicted octanol–water partition coefficient (Wildman–Crippen LogP) is 5.78. The van der Waals surface area contributed by atoms with Gasteiger partial charge in [-0.3, -0.25) is 5.43 Å². The molecule has 3 aromatic carbocycles. The molecular weight excluding hydrogens is 501 g/mol. The summed E-state index contributed by atoms with van der Waals surface area (Å²) in [6.07, 6.45) is -1.63. The van der Waals surface area contributed by atoms with E-state index in [2.05, 4.69) is 30.7 Å². The van der Waals surface area contributed by atoms with Crippen molar-refractivity contribution < 1.29 is 17.9 Å². The van der Waals surface area contributed by atoms with Crippen LogP contribution < -0.4 is 15.5 Å². The summed E-state index contributed by atoms with van der Waals surface area (Å²) in [6.45, 7) is 2.00. The second-order valence-corrected chi connectivity index (χ2v) is 8.77. The van der Waals surface area contributed by atoms with Crippen LogP contribution in [0.3, 0.4) is 0 Å². The Morgan fingerprint density at radius 1 is 1.05 bits per heavy atom. The van der Waals surface area contributed by atoms with E-state index < -0.39 is 6.36 Å². The van der Waals surface area contributed by atoms with Gasteiger partial charge in [-0.05, 0) is 79.5 Å². The minimum absolute atomic E-state index is 0.297. The number of alkyl halides is 3. The van der Waals surface area contributed by atoms with Crippen molar-refractivity contribution in [2.24, 2.45) is 5.10 Å². The molecule has 0 bridgehead atoms. The van der Waals surface area contributed by atoms with Gasteiger partial charge in [-0.1, -0.05) is 30.3 Å². The molecule has 0 saturated heterocycles. The summed E-state index contributed by atoms with van der Waals surface area (Å²) in [5, 5.41) is 12.6. The lowest BCUT2D eigenvalue weighted by molar-refractivity contribution is -0.274. The maximum atomic E-state index is 12.4. The molecule has 0 radical (unpaired) electrons. The zero-order valence-electron chi connectivity index (χ0n) is 19.6. The number of nitrogens with zero attached hydrogens (tertiary/aromatic N) is 4. The molecule has 0 atom stereocenters. The molecule has 188 valence electrons. The topological polar surface area (TPSA) is 76.4 Å². The van der Waals surface area contributed by atoms with Crippen LogP contribution in [0.2, 0.25) is 0 Å². The van der Waals surface area contributed by atoms with Gasteiger partial charge in [0, 0.05) is 16.8 Å². The molecule has 5 rings (SSSR count). The van der Waals surface area contributed by atoms with Gasteiger partial charge in [0.2, 0.25) is 0 Å². The Bertz CT molecular complexity index is 1480. The van der Waals surface area contributed by atoms with Crippen LogP contribution >= 0.6 is 12.2 Å². The molecule has 11 heteroatoms. The first-order chi connectivity index (χ1) is 17.7. The van der Waals surface area contributed by atoms with Crippen LogP contribution in [-0.2, 0) is 6.42 Å². The first-order valence-electron chi connectivity index (χ1n) is 11.4.